The van der Waals surface area contributed by atoms with Crippen molar-refractivity contribution >= 4 is 33.4 Å². The highest BCUT2D eigenvalue weighted by molar-refractivity contribution is 7.89. The number of nitriles is 1. The summed E-state index contributed by atoms with van der Waals surface area (Å²) in [6.07, 6.45) is 1.19. The van der Waals surface area contributed by atoms with Crippen LogP contribution in [-0.2, 0) is 14.8 Å². The smallest absolute Gasteiger partial charge is 0.280 e. The van der Waals surface area contributed by atoms with E-state index in [0.717, 1.165) is 0 Å². The second-order valence-electron chi connectivity index (χ2n) is 6.17. The predicted molar refractivity (Wildman–Crippen MR) is 111 cm³/mol. The molecule has 10 nitrogen and oxygen atoms in total. The van der Waals surface area contributed by atoms with Crippen molar-refractivity contribution in [1.82, 2.24) is 0 Å². The minimum absolute atomic E-state index is 0.125. The van der Waals surface area contributed by atoms with E-state index in [1.54, 1.807) is 12.1 Å². The second-order valence-corrected chi connectivity index (χ2v) is 7.73. The minimum Gasteiger partial charge on any atom is -0.456 e. The van der Waals surface area contributed by atoms with Gasteiger partial charge in [-0.1, -0.05) is 12.1 Å². The third-order valence-electron chi connectivity index (χ3n) is 4.09. The average molecular weight is 438 g/mol. The zero-order valence-corrected chi connectivity index (χ0v) is 16.5. The van der Waals surface area contributed by atoms with Crippen molar-refractivity contribution in [3.8, 4) is 17.4 Å². The number of sulfonamides is 1. The molecule has 156 valence electrons. The Bertz CT molecular complexity index is 1330. The van der Waals surface area contributed by atoms with Gasteiger partial charge in [0.15, 0.2) is 0 Å². The molecule has 0 bridgehead atoms. The van der Waals surface area contributed by atoms with Crippen LogP contribution >= 0.6 is 0 Å². The molecule has 3 rings (SSSR count). The highest BCUT2D eigenvalue weighted by Gasteiger charge is 2.18. The maximum absolute atomic E-state index is 12.4. The molecule has 0 saturated heterocycles. The van der Waals surface area contributed by atoms with E-state index in [9.17, 15) is 28.6 Å². The number of para-hydroxylation sites is 1. The zero-order chi connectivity index (χ0) is 22.6. The topological polar surface area (TPSA) is 169 Å². The number of nitrogens with two attached hydrogens (primary N) is 1. The van der Waals surface area contributed by atoms with Crippen molar-refractivity contribution in [1.29, 1.82) is 5.26 Å². The number of nitro groups is 1. The molecule has 0 unspecified atom stereocenters. The quantitative estimate of drug-likeness (QED) is 0.258. The molecular weight excluding hydrogens is 424 g/mol. The lowest BCUT2D eigenvalue weighted by Crippen LogP contribution is -2.14. The molecule has 0 aliphatic carbocycles. The lowest BCUT2D eigenvalue weighted by atomic mass is 10.1. The van der Waals surface area contributed by atoms with Crippen LogP contribution in [0, 0.1) is 21.4 Å². The molecular formula is C20H14N4O6S. The number of amides is 1. The number of carbonyl (C=O) groups is 1. The molecule has 3 N–H and O–H groups in total. The Kier molecular flexibility index (Phi) is 5.96. The average Bonchev–Trinajstić information content (AvgIpc) is 3.20. The minimum atomic E-state index is -3.87. The van der Waals surface area contributed by atoms with E-state index in [1.807, 2.05) is 0 Å². The monoisotopic (exact) mass is 438 g/mol. The molecule has 11 heteroatoms. The standard InChI is InChI=1S/C20H14N4O6S/c21-12-13(20(25)23-14-5-8-16(9-6-14)31(22,28)29)11-15-7-10-19(30-15)17-3-1-2-4-18(17)24(26)27/h1-11H,(H,23,25)(H2,22,28,29)/b13-11+. The first kappa shape index (κ1) is 21.4. The second kappa shape index (κ2) is 8.62. The molecule has 2 aromatic carbocycles. The van der Waals surface area contributed by atoms with E-state index < -0.39 is 20.9 Å². The van der Waals surface area contributed by atoms with Crippen LogP contribution in [0.2, 0.25) is 0 Å². The maximum atomic E-state index is 12.4. The fourth-order valence-corrected chi connectivity index (χ4v) is 3.15. The summed E-state index contributed by atoms with van der Waals surface area (Å²) in [5.74, 6) is -0.409. The molecule has 31 heavy (non-hydrogen) atoms. The molecule has 1 heterocycles. The highest BCUT2D eigenvalue weighted by Crippen LogP contribution is 2.31. The fraction of sp³-hybridized carbons (Fsp3) is 0. The first-order chi connectivity index (χ1) is 14.7. The zero-order valence-electron chi connectivity index (χ0n) is 15.7. The van der Waals surface area contributed by atoms with Gasteiger partial charge in [-0.25, -0.2) is 13.6 Å². The molecule has 0 atom stereocenters. The Balaban J connectivity index is 1.82. The van der Waals surface area contributed by atoms with Crippen molar-refractivity contribution in [2.24, 2.45) is 5.14 Å². The van der Waals surface area contributed by atoms with E-state index in [-0.39, 0.29) is 38.9 Å². The Morgan fingerprint density at radius 3 is 2.42 bits per heavy atom. The summed E-state index contributed by atoms with van der Waals surface area (Å²) in [5.41, 5.74) is 0.0659. The van der Waals surface area contributed by atoms with Crippen LogP contribution in [-0.4, -0.2) is 19.2 Å². The number of carbonyl (C=O) groups excluding carboxylic acids is 1. The van der Waals surface area contributed by atoms with Gasteiger partial charge in [0, 0.05) is 17.8 Å². The van der Waals surface area contributed by atoms with Gasteiger partial charge in [0.2, 0.25) is 10.0 Å². The summed E-state index contributed by atoms with van der Waals surface area (Å²) in [4.78, 5) is 22.9. The Morgan fingerprint density at radius 2 is 1.81 bits per heavy atom. The van der Waals surface area contributed by atoms with E-state index in [1.165, 1.54) is 60.7 Å². The third-order valence-corrected chi connectivity index (χ3v) is 5.01. The van der Waals surface area contributed by atoms with Gasteiger partial charge in [-0.05, 0) is 42.5 Å². The SMILES string of the molecule is N#C/C(=C\c1ccc(-c2ccccc2[N+](=O)[O-])o1)C(=O)Nc1ccc(S(N)(=O)=O)cc1. The number of rotatable bonds is 6. The first-order valence-electron chi connectivity index (χ1n) is 8.58. The number of benzene rings is 2. The number of primary sulfonamides is 1. The van der Waals surface area contributed by atoms with E-state index in [2.05, 4.69) is 5.32 Å². The molecule has 3 aromatic rings. The Hall–Kier alpha value is -4.27. The van der Waals surface area contributed by atoms with Crippen LogP contribution in [0.15, 0.2) is 75.5 Å². The summed E-state index contributed by atoms with van der Waals surface area (Å²) in [6.45, 7) is 0. The lowest BCUT2D eigenvalue weighted by molar-refractivity contribution is -0.384. The molecule has 0 aliphatic rings. The number of hydrogen-bond donors (Lipinski definition) is 2. The summed E-state index contributed by atoms with van der Waals surface area (Å²) in [6, 6.07) is 15.8. The van der Waals surface area contributed by atoms with Crippen molar-refractivity contribution < 1.29 is 22.6 Å². The van der Waals surface area contributed by atoms with Gasteiger partial charge in [0.05, 0.1) is 15.4 Å². The largest absolute Gasteiger partial charge is 0.456 e. The number of hydrogen-bond acceptors (Lipinski definition) is 7. The molecule has 1 aromatic heterocycles. The molecule has 0 radical (unpaired) electrons. The Labute approximate surface area is 176 Å². The van der Waals surface area contributed by atoms with Crippen LogP contribution in [0.1, 0.15) is 5.76 Å². The van der Waals surface area contributed by atoms with Gasteiger partial charge in [-0.2, -0.15) is 5.26 Å². The van der Waals surface area contributed by atoms with Crippen molar-refractivity contribution in [2.75, 3.05) is 5.32 Å². The van der Waals surface area contributed by atoms with Gasteiger partial charge >= 0.3 is 0 Å². The van der Waals surface area contributed by atoms with Gasteiger partial charge < -0.3 is 9.73 Å². The molecule has 0 saturated carbocycles. The fourth-order valence-electron chi connectivity index (χ4n) is 2.63. The third kappa shape index (κ3) is 5.02. The Morgan fingerprint density at radius 1 is 1.13 bits per heavy atom. The van der Waals surface area contributed by atoms with E-state index in [4.69, 9.17) is 9.56 Å². The molecule has 0 fully saturated rings. The lowest BCUT2D eigenvalue weighted by Gasteiger charge is -2.05. The van der Waals surface area contributed by atoms with Crippen LogP contribution in [0.3, 0.4) is 0 Å². The number of anilines is 1. The van der Waals surface area contributed by atoms with Crippen LogP contribution < -0.4 is 10.5 Å². The van der Waals surface area contributed by atoms with Crippen LogP contribution in [0.25, 0.3) is 17.4 Å². The first-order valence-corrected chi connectivity index (χ1v) is 10.1. The van der Waals surface area contributed by atoms with Crippen molar-refractivity contribution in [3.63, 3.8) is 0 Å². The highest BCUT2D eigenvalue weighted by atomic mass is 32.2. The predicted octanol–water partition coefficient (Wildman–Crippen LogP) is 3.05. The van der Waals surface area contributed by atoms with Gasteiger partial charge in [-0.15, -0.1) is 0 Å². The molecule has 0 spiro atoms. The number of nitrogens with zero attached hydrogens (tertiary/aromatic N) is 2. The summed E-state index contributed by atoms with van der Waals surface area (Å²) in [7, 11) is -3.87. The number of nitro benzene ring substituents is 1. The number of furan rings is 1. The van der Waals surface area contributed by atoms with Crippen molar-refractivity contribution in [2.45, 2.75) is 4.90 Å². The summed E-state index contributed by atoms with van der Waals surface area (Å²) in [5, 5.41) is 28.0. The van der Waals surface area contributed by atoms with Crippen molar-refractivity contribution in [3.05, 3.63) is 82.1 Å². The van der Waals surface area contributed by atoms with Gasteiger partial charge in [0.25, 0.3) is 11.6 Å². The van der Waals surface area contributed by atoms with Crippen LogP contribution in [0.4, 0.5) is 11.4 Å². The van der Waals surface area contributed by atoms with Crippen LogP contribution in [0.5, 0.6) is 0 Å². The summed E-state index contributed by atoms with van der Waals surface area (Å²) < 4.78 is 28.1. The van der Waals surface area contributed by atoms with E-state index >= 15 is 0 Å². The molecule has 1 amide bonds. The van der Waals surface area contributed by atoms with Gasteiger partial charge in [-0.3, -0.25) is 14.9 Å². The maximum Gasteiger partial charge on any atom is 0.280 e. The molecule has 0 aliphatic heterocycles. The van der Waals surface area contributed by atoms with Gasteiger partial charge in [0.1, 0.15) is 23.2 Å². The summed E-state index contributed by atoms with van der Waals surface area (Å²) >= 11 is 0. The normalized spacial score (nSPS) is 11.5. The number of nitrogens with one attached hydrogen (secondary N) is 1. The van der Waals surface area contributed by atoms with E-state index in [0.29, 0.717) is 0 Å².